The van der Waals surface area contributed by atoms with E-state index in [0.717, 1.165) is 0 Å². The van der Waals surface area contributed by atoms with Crippen molar-refractivity contribution in [1.82, 2.24) is 25.1 Å². The first-order valence-electron chi connectivity index (χ1n) is 7.78. The van der Waals surface area contributed by atoms with Gasteiger partial charge in [0, 0.05) is 12.8 Å². The number of methoxy groups -OCH3 is 1. The Bertz CT molecular complexity index is 917. The molecular weight excluding hydrogens is 362 g/mol. The van der Waals surface area contributed by atoms with Crippen LogP contribution in [0.15, 0.2) is 24.5 Å². The summed E-state index contributed by atoms with van der Waals surface area (Å²) in [6, 6.07) is 3.38. The predicted molar refractivity (Wildman–Crippen MR) is 92.8 cm³/mol. The number of aromatic nitrogens is 5. The van der Waals surface area contributed by atoms with Gasteiger partial charge in [0.2, 0.25) is 12.0 Å². The Morgan fingerprint density at radius 2 is 2.23 bits per heavy atom. The molecule has 10 heteroatoms. The molecule has 9 nitrogen and oxygen atoms in total. The normalized spacial score (nSPS) is 12.1. The molecule has 26 heavy (non-hydrogen) atoms. The number of carbonyl (C=O) groups is 1. The van der Waals surface area contributed by atoms with Gasteiger partial charge in [-0.1, -0.05) is 11.6 Å². The lowest BCUT2D eigenvalue weighted by atomic mass is 10.3. The first-order chi connectivity index (χ1) is 12.6. The molecule has 0 aliphatic rings. The highest BCUT2D eigenvalue weighted by Gasteiger charge is 2.25. The summed E-state index contributed by atoms with van der Waals surface area (Å²) in [5.41, 5.74) is 0.807. The number of H-pyrrole nitrogens is 1. The first kappa shape index (κ1) is 18.0. The quantitative estimate of drug-likeness (QED) is 0.622. The molecule has 3 aromatic rings. The maximum absolute atomic E-state index is 12.0. The van der Waals surface area contributed by atoms with Crippen molar-refractivity contribution in [3.05, 3.63) is 29.5 Å². The van der Waals surface area contributed by atoms with Crippen LogP contribution in [-0.4, -0.2) is 57.5 Å². The molecule has 0 radical (unpaired) electrons. The van der Waals surface area contributed by atoms with Crippen molar-refractivity contribution in [2.75, 3.05) is 20.3 Å². The molecule has 1 atom stereocenters. The molecule has 0 saturated heterocycles. The molecule has 1 N–H and O–H groups in total. The average molecular weight is 378 g/mol. The molecule has 0 saturated carbocycles. The fourth-order valence-corrected chi connectivity index (χ4v) is 2.40. The summed E-state index contributed by atoms with van der Waals surface area (Å²) in [7, 11) is 1.27. The molecule has 0 aliphatic heterocycles. The van der Waals surface area contributed by atoms with Crippen molar-refractivity contribution < 1.29 is 19.0 Å². The van der Waals surface area contributed by atoms with Crippen molar-refractivity contribution in [3.8, 4) is 17.4 Å². The summed E-state index contributed by atoms with van der Waals surface area (Å²) in [6.07, 6.45) is 2.10. The molecule has 136 valence electrons. The second kappa shape index (κ2) is 8.07. The van der Waals surface area contributed by atoms with Gasteiger partial charge in [0.05, 0.1) is 24.9 Å². The number of pyridine rings is 1. The van der Waals surface area contributed by atoms with E-state index in [1.165, 1.54) is 13.3 Å². The highest BCUT2D eigenvalue weighted by molar-refractivity contribution is 6.32. The highest BCUT2D eigenvalue weighted by atomic mass is 35.5. The van der Waals surface area contributed by atoms with E-state index in [1.54, 1.807) is 18.3 Å². The van der Waals surface area contributed by atoms with E-state index in [9.17, 15) is 4.79 Å². The number of hydrogen-bond acceptors (Lipinski definition) is 8. The van der Waals surface area contributed by atoms with E-state index >= 15 is 0 Å². The lowest BCUT2D eigenvalue weighted by molar-refractivity contribution is -0.151. The molecule has 0 unspecified atom stereocenters. The lowest BCUT2D eigenvalue weighted by Crippen LogP contribution is -2.33. The van der Waals surface area contributed by atoms with E-state index < -0.39 is 12.1 Å². The molecule has 0 bridgehead atoms. The van der Waals surface area contributed by atoms with Gasteiger partial charge in [0.1, 0.15) is 11.1 Å². The molecule has 0 aliphatic carbocycles. The zero-order valence-corrected chi connectivity index (χ0v) is 14.9. The predicted octanol–water partition coefficient (Wildman–Crippen LogP) is 2.03. The monoisotopic (exact) mass is 377 g/mol. The fraction of sp³-hybridized carbons (Fsp3) is 0.312. The van der Waals surface area contributed by atoms with Gasteiger partial charge in [0.15, 0.2) is 11.5 Å². The minimum absolute atomic E-state index is 0.0200. The van der Waals surface area contributed by atoms with Crippen LogP contribution in [0.1, 0.15) is 6.92 Å². The Morgan fingerprint density at radius 1 is 1.38 bits per heavy atom. The Morgan fingerprint density at radius 3 is 2.96 bits per heavy atom. The number of fused-ring (bicyclic) bond motifs is 1. The van der Waals surface area contributed by atoms with E-state index in [2.05, 4.69) is 25.1 Å². The maximum Gasteiger partial charge on any atom is 0.349 e. The number of aromatic amines is 1. The lowest BCUT2D eigenvalue weighted by Gasteiger charge is -2.16. The maximum atomic E-state index is 12.0. The van der Waals surface area contributed by atoms with E-state index in [0.29, 0.717) is 28.4 Å². The molecule has 0 aromatic carbocycles. The van der Waals surface area contributed by atoms with Gasteiger partial charge in [-0.05, 0) is 19.1 Å². The second-order valence-corrected chi connectivity index (χ2v) is 5.51. The number of hydrogen-bond donors (Lipinski definition) is 1. The Labute approximate surface area is 153 Å². The Balaban J connectivity index is 2.02. The zero-order valence-electron chi connectivity index (χ0n) is 14.1. The number of nitrogens with zero attached hydrogens (tertiary/aromatic N) is 4. The van der Waals surface area contributed by atoms with Gasteiger partial charge in [0.25, 0.3) is 0 Å². The summed E-state index contributed by atoms with van der Waals surface area (Å²) in [5, 5.41) is 7.59. The summed E-state index contributed by atoms with van der Waals surface area (Å²) >= 11 is 6.18. The average Bonchev–Trinajstić information content (AvgIpc) is 3.13. The van der Waals surface area contributed by atoms with Crippen LogP contribution in [-0.2, 0) is 14.3 Å². The van der Waals surface area contributed by atoms with Crippen LogP contribution in [0.2, 0.25) is 5.02 Å². The summed E-state index contributed by atoms with van der Waals surface area (Å²) in [6.45, 7) is 2.26. The van der Waals surface area contributed by atoms with Gasteiger partial charge >= 0.3 is 5.97 Å². The standard InChI is InChI=1S/C16H16ClN5O4/c1-3-25-8-11(16(23)24-2)26-15-9-7-19-22-13(9)20-14(21-15)12-10(17)5-4-6-18-12/h4-7,11H,3,8H2,1-2H3,(H,19,20,21,22)/t11-/m0/s1. The first-order valence-corrected chi connectivity index (χ1v) is 8.16. The third kappa shape index (κ3) is 3.73. The fourth-order valence-electron chi connectivity index (χ4n) is 2.20. The minimum Gasteiger partial charge on any atom is -0.466 e. The number of ether oxygens (including phenoxy) is 3. The van der Waals surface area contributed by atoms with Crippen LogP contribution in [0.25, 0.3) is 22.6 Å². The van der Waals surface area contributed by atoms with Crippen molar-refractivity contribution in [1.29, 1.82) is 0 Å². The summed E-state index contributed by atoms with van der Waals surface area (Å²) in [4.78, 5) is 24.9. The summed E-state index contributed by atoms with van der Waals surface area (Å²) < 4.78 is 15.8. The molecule has 0 spiro atoms. The number of esters is 1. The van der Waals surface area contributed by atoms with Crippen LogP contribution in [0.4, 0.5) is 0 Å². The second-order valence-electron chi connectivity index (χ2n) is 5.11. The van der Waals surface area contributed by atoms with Crippen LogP contribution < -0.4 is 4.74 Å². The minimum atomic E-state index is -0.986. The third-order valence-electron chi connectivity index (χ3n) is 3.44. The Kier molecular flexibility index (Phi) is 5.59. The SMILES string of the molecule is CCOC[C@H](Oc1nc(-c2ncccc2Cl)nc2[nH]ncc12)C(=O)OC. The molecule has 0 fully saturated rings. The number of halogens is 1. The van der Waals surface area contributed by atoms with Crippen molar-refractivity contribution in [2.45, 2.75) is 13.0 Å². The van der Waals surface area contributed by atoms with Crippen molar-refractivity contribution in [3.63, 3.8) is 0 Å². The zero-order chi connectivity index (χ0) is 18.5. The number of carbonyl (C=O) groups excluding carboxylic acids is 1. The van der Waals surface area contributed by atoms with Crippen molar-refractivity contribution in [2.24, 2.45) is 0 Å². The van der Waals surface area contributed by atoms with Crippen LogP contribution >= 0.6 is 11.6 Å². The Hall–Kier alpha value is -2.78. The summed E-state index contributed by atoms with van der Waals surface area (Å²) in [5.74, 6) is -0.191. The number of rotatable bonds is 7. The van der Waals surface area contributed by atoms with Crippen LogP contribution in [0, 0.1) is 0 Å². The molecular formula is C16H16ClN5O4. The third-order valence-corrected chi connectivity index (χ3v) is 3.74. The van der Waals surface area contributed by atoms with Gasteiger partial charge in [-0.2, -0.15) is 10.1 Å². The van der Waals surface area contributed by atoms with Crippen LogP contribution in [0.5, 0.6) is 5.88 Å². The smallest absolute Gasteiger partial charge is 0.349 e. The van der Waals surface area contributed by atoms with E-state index in [-0.39, 0.29) is 18.3 Å². The van der Waals surface area contributed by atoms with Gasteiger partial charge in [-0.25, -0.2) is 9.78 Å². The molecule has 3 rings (SSSR count). The highest BCUT2D eigenvalue weighted by Crippen LogP contribution is 2.28. The van der Waals surface area contributed by atoms with Crippen LogP contribution in [0.3, 0.4) is 0 Å². The molecule has 0 amide bonds. The van der Waals surface area contributed by atoms with E-state index in [4.69, 9.17) is 25.8 Å². The van der Waals surface area contributed by atoms with Crippen molar-refractivity contribution >= 4 is 28.6 Å². The van der Waals surface area contributed by atoms with Gasteiger partial charge in [-0.15, -0.1) is 0 Å². The van der Waals surface area contributed by atoms with Gasteiger partial charge < -0.3 is 14.2 Å². The largest absolute Gasteiger partial charge is 0.466 e. The van der Waals surface area contributed by atoms with Gasteiger partial charge in [-0.3, -0.25) is 10.1 Å². The molecule has 3 aromatic heterocycles. The topological polar surface area (TPSA) is 112 Å². The van der Waals surface area contributed by atoms with E-state index in [1.807, 2.05) is 6.92 Å². The molecule has 3 heterocycles. The number of nitrogens with one attached hydrogen (secondary N) is 1.